The number of piperidine rings is 1. The lowest BCUT2D eigenvalue weighted by molar-refractivity contribution is 0.102. The van der Waals surface area contributed by atoms with E-state index >= 15 is 0 Å². The van der Waals surface area contributed by atoms with E-state index in [1.54, 1.807) is 31.2 Å². The first-order chi connectivity index (χ1) is 18.1. The molecule has 0 bridgehead atoms. The Morgan fingerprint density at radius 3 is 2.47 bits per heavy atom. The summed E-state index contributed by atoms with van der Waals surface area (Å²) < 4.78 is 27.0. The number of carbonyl (C=O) groups is 1. The number of hydrogen-bond donors (Lipinski definition) is 4. The zero-order chi connectivity index (χ0) is 27.1. The predicted molar refractivity (Wildman–Crippen MR) is 146 cm³/mol. The number of benzene rings is 1. The van der Waals surface area contributed by atoms with Crippen molar-refractivity contribution in [2.75, 3.05) is 58.4 Å². The highest BCUT2D eigenvalue weighted by Gasteiger charge is 2.44. The largest absolute Gasteiger partial charge is 0.395 e. The van der Waals surface area contributed by atoms with Crippen LogP contribution in [-0.4, -0.2) is 79.1 Å². The quantitative estimate of drug-likeness (QED) is 0.372. The van der Waals surface area contributed by atoms with Gasteiger partial charge in [0, 0.05) is 43.9 Å². The maximum atomic E-state index is 13.5. The van der Waals surface area contributed by atoms with Crippen molar-refractivity contribution in [2.24, 2.45) is 11.3 Å². The monoisotopic (exact) mass is 544 g/mol. The normalized spacial score (nSPS) is 19.7. The van der Waals surface area contributed by atoms with E-state index in [-0.39, 0.29) is 11.8 Å². The van der Waals surface area contributed by atoms with E-state index in [1.165, 1.54) is 12.8 Å². The maximum Gasteiger partial charge on any atom is 0.258 e. The lowest BCUT2D eigenvalue weighted by Gasteiger charge is -2.40. The Morgan fingerprint density at radius 1 is 1.13 bits per heavy atom. The van der Waals surface area contributed by atoms with Crippen LogP contribution in [-0.2, 0) is 10.0 Å². The number of aliphatic hydroxyl groups excluding tert-OH is 2. The van der Waals surface area contributed by atoms with E-state index in [0.717, 1.165) is 25.9 Å². The lowest BCUT2D eigenvalue weighted by Crippen LogP contribution is -2.52. The van der Waals surface area contributed by atoms with Crippen LogP contribution in [0.2, 0.25) is 0 Å². The Balaban J connectivity index is 1.38. The fourth-order valence-electron chi connectivity index (χ4n) is 5.22. The van der Waals surface area contributed by atoms with Gasteiger partial charge in [-0.15, -0.1) is 0 Å². The van der Waals surface area contributed by atoms with Crippen LogP contribution >= 0.6 is 0 Å². The molecule has 2 aliphatic heterocycles. The molecule has 2 saturated heterocycles. The van der Waals surface area contributed by atoms with E-state index < -0.39 is 28.5 Å². The number of nitrogens with zero attached hydrogens (tertiary/aromatic N) is 4. The van der Waals surface area contributed by atoms with E-state index in [2.05, 4.69) is 24.9 Å². The average Bonchev–Trinajstić information content (AvgIpc) is 3.56. The Kier molecular flexibility index (Phi) is 7.23. The summed E-state index contributed by atoms with van der Waals surface area (Å²) >= 11 is 0. The van der Waals surface area contributed by atoms with Gasteiger partial charge >= 0.3 is 0 Å². The molecule has 2 aromatic rings. The van der Waals surface area contributed by atoms with Crippen molar-refractivity contribution < 1.29 is 23.4 Å². The molecule has 206 valence electrons. The second-order valence-corrected chi connectivity index (χ2v) is 12.8. The van der Waals surface area contributed by atoms with E-state index in [0.29, 0.717) is 52.9 Å². The summed E-state index contributed by atoms with van der Waals surface area (Å²) in [5, 5.41) is 21.8. The van der Waals surface area contributed by atoms with Crippen LogP contribution in [0.3, 0.4) is 0 Å². The van der Waals surface area contributed by atoms with Gasteiger partial charge in [-0.25, -0.2) is 13.4 Å². The molecule has 11 nitrogen and oxygen atoms in total. The number of amides is 1. The summed E-state index contributed by atoms with van der Waals surface area (Å²) in [5.41, 5.74) is 2.60. The van der Waals surface area contributed by atoms with Crippen LogP contribution < -0.4 is 19.8 Å². The van der Waals surface area contributed by atoms with Crippen LogP contribution in [0.4, 0.5) is 23.1 Å². The van der Waals surface area contributed by atoms with Crippen molar-refractivity contribution in [1.82, 2.24) is 9.97 Å². The second-order valence-electron chi connectivity index (χ2n) is 10.9. The van der Waals surface area contributed by atoms with Crippen LogP contribution in [0.15, 0.2) is 24.3 Å². The molecule has 38 heavy (non-hydrogen) atoms. The molecule has 1 aromatic heterocycles. The first-order valence-electron chi connectivity index (χ1n) is 13.2. The minimum Gasteiger partial charge on any atom is -0.395 e. The molecule has 1 aromatic carbocycles. The molecule has 3 aliphatic rings. The zero-order valence-electron chi connectivity index (χ0n) is 21.9. The van der Waals surface area contributed by atoms with Gasteiger partial charge < -0.3 is 25.3 Å². The topological polar surface area (TPSA) is 148 Å². The van der Waals surface area contributed by atoms with E-state index in [1.807, 2.05) is 11.8 Å². The Labute approximate surface area is 223 Å². The van der Waals surface area contributed by atoms with Crippen molar-refractivity contribution in [3.8, 4) is 0 Å². The summed E-state index contributed by atoms with van der Waals surface area (Å²) in [7, 11) is -3.70. The summed E-state index contributed by atoms with van der Waals surface area (Å²) in [4.78, 5) is 26.7. The van der Waals surface area contributed by atoms with Gasteiger partial charge in [0.25, 0.3) is 5.91 Å². The van der Waals surface area contributed by atoms with E-state index in [9.17, 15) is 18.3 Å². The molecule has 1 aliphatic carbocycles. The Bertz CT molecular complexity index is 1300. The smallest absolute Gasteiger partial charge is 0.258 e. The molecule has 0 radical (unpaired) electrons. The van der Waals surface area contributed by atoms with Crippen molar-refractivity contribution in [2.45, 2.75) is 45.6 Å². The highest BCUT2D eigenvalue weighted by molar-refractivity contribution is 7.92. The van der Waals surface area contributed by atoms with Crippen molar-refractivity contribution >= 4 is 39.1 Å². The van der Waals surface area contributed by atoms with Crippen molar-refractivity contribution in [3.63, 3.8) is 0 Å². The molecule has 12 heteroatoms. The number of carbonyl (C=O) groups excluding carboxylic acids is 1. The Hall–Kier alpha value is -2.96. The number of aliphatic hydroxyl groups is 2. The number of rotatable bonds is 9. The number of anilines is 4. The third-order valence-corrected chi connectivity index (χ3v) is 9.22. The summed E-state index contributed by atoms with van der Waals surface area (Å²) in [6.45, 7) is 6.04. The van der Waals surface area contributed by atoms with Gasteiger partial charge in [0.15, 0.2) is 0 Å². The zero-order valence-corrected chi connectivity index (χ0v) is 22.7. The fraction of sp³-hybridized carbons (Fsp3) is 0.577. The van der Waals surface area contributed by atoms with Crippen molar-refractivity contribution in [1.29, 1.82) is 0 Å². The molecule has 3 heterocycles. The third-order valence-electron chi connectivity index (χ3n) is 7.96. The molecule has 5 rings (SSSR count). The molecule has 4 N–H and O–H groups in total. The molecule has 1 amide bonds. The predicted octanol–water partition coefficient (Wildman–Crippen LogP) is 1.97. The van der Waals surface area contributed by atoms with Crippen LogP contribution in [0, 0.1) is 18.3 Å². The molecular weight excluding hydrogens is 508 g/mol. The first-order valence-corrected chi connectivity index (χ1v) is 14.8. The van der Waals surface area contributed by atoms with Gasteiger partial charge in [0.1, 0.15) is 5.82 Å². The van der Waals surface area contributed by atoms with Gasteiger partial charge in [-0.3, -0.25) is 9.52 Å². The van der Waals surface area contributed by atoms with Crippen LogP contribution in [0.5, 0.6) is 0 Å². The van der Waals surface area contributed by atoms with Gasteiger partial charge in [0.05, 0.1) is 35.4 Å². The fourth-order valence-corrected chi connectivity index (χ4v) is 6.05. The van der Waals surface area contributed by atoms with Gasteiger partial charge in [0.2, 0.25) is 16.0 Å². The van der Waals surface area contributed by atoms with Crippen LogP contribution in [0.1, 0.15) is 48.7 Å². The third kappa shape index (κ3) is 5.87. The highest BCUT2D eigenvalue weighted by Crippen LogP contribution is 2.54. The molecule has 1 spiro atoms. The minimum absolute atomic E-state index is 0.173. The molecule has 1 unspecified atom stereocenters. The van der Waals surface area contributed by atoms with Gasteiger partial charge in [-0.1, -0.05) is 0 Å². The molecule has 3 fully saturated rings. The summed E-state index contributed by atoms with van der Waals surface area (Å²) in [5.74, 6) is 0.323. The lowest BCUT2D eigenvalue weighted by atomic mass is 9.93. The molecule has 1 atom stereocenters. The molecular formula is C26H36N6O5S. The maximum absolute atomic E-state index is 13.5. The number of sulfonamides is 1. The Morgan fingerprint density at radius 2 is 1.84 bits per heavy atom. The summed E-state index contributed by atoms with van der Waals surface area (Å²) in [6, 6.07) is 6.59. The average molecular weight is 545 g/mol. The molecule has 1 saturated carbocycles. The van der Waals surface area contributed by atoms with Gasteiger partial charge in [-0.05, 0) is 63.1 Å². The first kappa shape index (κ1) is 26.6. The number of aromatic nitrogens is 2. The number of nitrogens with one attached hydrogen (secondary N) is 2. The van der Waals surface area contributed by atoms with E-state index in [4.69, 9.17) is 5.11 Å². The minimum atomic E-state index is -3.70. The summed E-state index contributed by atoms with van der Waals surface area (Å²) in [6.07, 6.45) is 4.20. The number of aryl methyl sites for hydroxylation is 1. The second kappa shape index (κ2) is 10.3. The highest BCUT2D eigenvalue weighted by atomic mass is 32.2. The van der Waals surface area contributed by atoms with Crippen LogP contribution in [0.25, 0.3) is 0 Å². The van der Waals surface area contributed by atoms with Gasteiger partial charge in [-0.2, -0.15) is 4.98 Å². The standard InChI is InChI=1S/C26H36N6O5S/c1-17-13-23(29-25(27-17)32-15-19(16-32)18(2)34)28-24(35)21-4-3-20(30-38(36,37)12-11-33)14-22(21)31-9-7-26(5-6-26)8-10-31/h3-4,13-14,18-19,30,33-34H,5-12,15-16H2,1-2H3,(H,27,28,29,35). The number of hydrogen-bond acceptors (Lipinski definition) is 9. The SMILES string of the molecule is Cc1cc(NC(=O)c2ccc(NS(=O)(=O)CCO)cc2N2CCC3(CC2)CC3)nc(N2CC(C(C)O)C2)n1. The van der Waals surface area contributed by atoms with Crippen molar-refractivity contribution in [3.05, 3.63) is 35.5 Å².